The van der Waals surface area contributed by atoms with E-state index in [0.717, 1.165) is 23.4 Å². The highest BCUT2D eigenvalue weighted by atomic mass is 32.2. The molecule has 0 spiro atoms. The van der Waals surface area contributed by atoms with Crippen LogP contribution in [0.4, 0.5) is 5.69 Å². The molecule has 1 unspecified atom stereocenters. The second-order valence-corrected chi connectivity index (χ2v) is 5.31. The van der Waals surface area contributed by atoms with Crippen LogP contribution in [-0.2, 0) is 0 Å². The third-order valence-electron chi connectivity index (χ3n) is 3.13. The fourth-order valence-electron chi connectivity index (χ4n) is 1.90. The predicted molar refractivity (Wildman–Crippen MR) is 77.9 cm³/mol. The van der Waals surface area contributed by atoms with Gasteiger partial charge in [0.25, 0.3) is 0 Å². The smallest absolute Gasteiger partial charge is 0.0807 e. The molecule has 0 aliphatic carbocycles. The summed E-state index contributed by atoms with van der Waals surface area (Å²) in [4.78, 5) is 2.25. The molecule has 0 bridgehead atoms. The lowest BCUT2D eigenvalue weighted by molar-refractivity contribution is 0.174. The number of aliphatic hydroxyl groups excluding tert-OH is 1. The molecule has 0 radical (unpaired) electrons. The highest BCUT2D eigenvalue weighted by molar-refractivity contribution is 7.98. The molecule has 0 heterocycles. The second-order valence-electron chi connectivity index (χ2n) is 4.40. The van der Waals surface area contributed by atoms with Crippen LogP contribution in [0.15, 0.2) is 24.3 Å². The summed E-state index contributed by atoms with van der Waals surface area (Å²) in [6.07, 6.45) is 2.51. The zero-order valence-electron chi connectivity index (χ0n) is 11.2. The van der Waals surface area contributed by atoms with Gasteiger partial charge in [-0.2, -0.15) is 11.8 Å². The number of benzene rings is 1. The Balaban J connectivity index is 2.96. The molecule has 1 aromatic rings. The summed E-state index contributed by atoms with van der Waals surface area (Å²) >= 11 is 1.85. The Kier molecular flexibility index (Phi) is 5.86. The zero-order chi connectivity index (χ0) is 12.8. The van der Waals surface area contributed by atoms with Crippen molar-refractivity contribution in [1.29, 1.82) is 0 Å². The van der Waals surface area contributed by atoms with Crippen molar-refractivity contribution in [3.8, 4) is 0 Å². The molecule has 0 saturated heterocycles. The van der Waals surface area contributed by atoms with Crippen LogP contribution < -0.4 is 4.90 Å². The fraction of sp³-hybridized carbons (Fsp3) is 0.571. The maximum Gasteiger partial charge on any atom is 0.0807 e. The first-order valence-electron chi connectivity index (χ1n) is 6.10. The SMILES string of the molecule is CC[C@H](O)c1ccccc1N(C)C(C)CSC. The number of anilines is 1. The lowest BCUT2D eigenvalue weighted by atomic mass is 10.0. The first kappa shape index (κ1) is 14.4. The fourth-order valence-corrected chi connectivity index (χ4v) is 2.61. The van der Waals surface area contributed by atoms with Crippen LogP contribution in [0.1, 0.15) is 31.9 Å². The van der Waals surface area contributed by atoms with E-state index >= 15 is 0 Å². The van der Waals surface area contributed by atoms with Crippen molar-refractivity contribution in [2.75, 3.05) is 24.0 Å². The highest BCUT2D eigenvalue weighted by Gasteiger charge is 2.16. The van der Waals surface area contributed by atoms with Gasteiger partial charge in [-0.15, -0.1) is 0 Å². The first-order valence-corrected chi connectivity index (χ1v) is 7.49. The number of para-hydroxylation sites is 1. The van der Waals surface area contributed by atoms with Crippen LogP contribution in [0.3, 0.4) is 0 Å². The van der Waals surface area contributed by atoms with Crippen LogP contribution in [0.5, 0.6) is 0 Å². The summed E-state index contributed by atoms with van der Waals surface area (Å²) in [5, 5.41) is 10.0. The van der Waals surface area contributed by atoms with Crippen LogP contribution in [0.2, 0.25) is 0 Å². The Morgan fingerprint density at radius 3 is 2.59 bits per heavy atom. The standard InChI is InChI=1S/C14H23NOS/c1-5-14(16)12-8-6-7-9-13(12)15(3)11(2)10-17-4/h6-9,11,14,16H,5,10H2,1-4H3/t11?,14-/m0/s1. The zero-order valence-corrected chi connectivity index (χ0v) is 12.0. The van der Waals surface area contributed by atoms with Crippen molar-refractivity contribution in [3.05, 3.63) is 29.8 Å². The maximum atomic E-state index is 10.0. The molecule has 0 saturated carbocycles. The Morgan fingerprint density at radius 2 is 2.00 bits per heavy atom. The third-order valence-corrected chi connectivity index (χ3v) is 3.95. The van der Waals surface area contributed by atoms with Gasteiger partial charge in [-0.25, -0.2) is 0 Å². The summed E-state index contributed by atoms with van der Waals surface area (Å²) in [5.74, 6) is 1.09. The number of hydrogen-bond donors (Lipinski definition) is 1. The van der Waals surface area contributed by atoms with Crippen molar-refractivity contribution in [3.63, 3.8) is 0 Å². The number of aliphatic hydroxyl groups is 1. The van der Waals surface area contributed by atoms with Gasteiger partial charge in [0.1, 0.15) is 0 Å². The minimum absolute atomic E-state index is 0.366. The molecular formula is C14H23NOS. The second kappa shape index (κ2) is 6.92. The Bertz CT molecular complexity index is 343. The maximum absolute atomic E-state index is 10.0. The summed E-state index contributed by atoms with van der Waals surface area (Å²) < 4.78 is 0. The van der Waals surface area contributed by atoms with Crippen molar-refractivity contribution < 1.29 is 5.11 Å². The molecule has 3 heteroatoms. The van der Waals surface area contributed by atoms with E-state index in [1.165, 1.54) is 0 Å². The van der Waals surface area contributed by atoms with Crippen molar-refractivity contribution in [2.24, 2.45) is 0 Å². The highest BCUT2D eigenvalue weighted by Crippen LogP contribution is 2.28. The molecule has 1 N–H and O–H groups in total. The summed E-state index contributed by atoms with van der Waals surface area (Å²) in [6.45, 7) is 4.22. The molecule has 96 valence electrons. The van der Waals surface area contributed by atoms with E-state index in [0.29, 0.717) is 6.04 Å². The van der Waals surface area contributed by atoms with Crippen molar-refractivity contribution in [1.82, 2.24) is 0 Å². The lowest BCUT2D eigenvalue weighted by Gasteiger charge is -2.29. The summed E-state index contributed by atoms with van der Waals surface area (Å²) in [7, 11) is 2.10. The minimum atomic E-state index is -0.366. The van der Waals surface area contributed by atoms with E-state index < -0.39 is 0 Å². The number of thioether (sulfide) groups is 1. The van der Waals surface area contributed by atoms with Gasteiger partial charge in [-0.3, -0.25) is 0 Å². The molecular weight excluding hydrogens is 230 g/mol. The Morgan fingerprint density at radius 1 is 1.35 bits per heavy atom. The molecule has 0 amide bonds. The van der Waals surface area contributed by atoms with Gasteiger partial charge in [0.2, 0.25) is 0 Å². The van der Waals surface area contributed by atoms with Crippen LogP contribution in [0.25, 0.3) is 0 Å². The first-order chi connectivity index (χ1) is 8.11. The molecule has 0 aromatic heterocycles. The van der Waals surface area contributed by atoms with Crippen LogP contribution in [-0.4, -0.2) is 30.2 Å². The van der Waals surface area contributed by atoms with Gasteiger partial charge in [0.05, 0.1) is 6.10 Å². The molecule has 0 aliphatic rings. The third kappa shape index (κ3) is 3.65. The molecule has 2 nitrogen and oxygen atoms in total. The predicted octanol–water partition coefficient (Wildman–Crippen LogP) is 3.32. The molecule has 17 heavy (non-hydrogen) atoms. The summed E-state index contributed by atoms with van der Waals surface area (Å²) in [5.41, 5.74) is 2.17. The van der Waals surface area contributed by atoms with E-state index in [1.807, 2.05) is 36.9 Å². The Hall–Kier alpha value is -0.670. The van der Waals surface area contributed by atoms with Gasteiger partial charge in [0, 0.05) is 30.1 Å². The summed E-state index contributed by atoms with van der Waals surface area (Å²) in [6, 6.07) is 8.60. The number of nitrogens with zero attached hydrogens (tertiary/aromatic N) is 1. The minimum Gasteiger partial charge on any atom is -0.388 e. The molecule has 0 fully saturated rings. The number of rotatable bonds is 6. The molecule has 0 aliphatic heterocycles. The van der Waals surface area contributed by atoms with Crippen molar-refractivity contribution >= 4 is 17.4 Å². The van der Waals surface area contributed by atoms with E-state index in [1.54, 1.807) is 0 Å². The van der Waals surface area contributed by atoms with Gasteiger partial charge in [0.15, 0.2) is 0 Å². The lowest BCUT2D eigenvalue weighted by Crippen LogP contribution is -2.31. The molecule has 2 atom stereocenters. The average molecular weight is 253 g/mol. The number of hydrogen-bond acceptors (Lipinski definition) is 3. The van der Waals surface area contributed by atoms with Crippen LogP contribution in [0, 0.1) is 0 Å². The van der Waals surface area contributed by atoms with E-state index in [-0.39, 0.29) is 6.10 Å². The Labute approximate surface area is 109 Å². The van der Waals surface area contributed by atoms with Gasteiger partial charge >= 0.3 is 0 Å². The molecule has 1 aromatic carbocycles. The average Bonchev–Trinajstić information content (AvgIpc) is 2.37. The van der Waals surface area contributed by atoms with Crippen LogP contribution >= 0.6 is 11.8 Å². The van der Waals surface area contributed by atoms with Gasteiger partial charge in [-0.1, -0.05) is 25.1 Å². The topological polar surface area (TPSA) is 23.5 Å². The largest absolute Gasteiger partial charge is 0.388 e. The van der Waals surface area contributed by atoms with E-state index in [4.69, 9.17) is 0 Å². The van der Waals surface area contributed by atoms with Crippen molar-refractivity contribution in [2.45, 2.75) is 32.4 Å². The van der Waals surface area contributed by atoms with Gasteiger partial charge in [-0.05, 0) is 25.7 Å². The monoisotopic (exact) mass is 253 g/mol. The van der Waals surface area contributed by atoms with Gasteiger partial charge < -0.3 is 10.0 Å². The van der Waals surface area contributed by atoms with E-state index in [2.05, 4.69) is 31.2 Å². The molecule has 1 rings (SSSR count). The van der Waals surface area contributed by atoms with E-state index in [9.17, 15) is 5.11 Å². The normalized spacial score (nSPS) is 14.4. The quantitative estimate of drug-likeness (QED) is 0.841.